The highest BCUT2D eigenvalue weighted by Crippen LogP contribution is 2.62. The Kier molecular flexibility index (Phi) is 18.4. The van der Waals surface area contributed by atoms with Crippen LogP contribution in [-0.2, 0) is 45.3 Å². The van der Waals surface area contributed by atoms with Gasteiger partial charge in [0, 0.05) is 43.5 Å². The summed E-state index contributed by atoms with van der Waals surface area (Å²) in [6.07, 6.45) is 4.20. The molecule has 0 saturated carbocycles. The van der Waals surface area contributed by atoms with Crippen molar-refractivity contribution in [2.24, 2.45) is 0 Å². The van der Waals surface area contributed by atoms with Crippen LogP contribution in [0.5, 0.6) is 0 Å². The number of nitrogens with zero attached hydrogens (tertiary/aromatic N) is 1. The molecule has 1 aliphatic heterocycles. The first-order valence-corrected chi connectivity index (χ1v) is 21.4. The minimum atomic E-state index is -5.25. The summed E-state index contributed by atoms with van der Waals surface area (Å²) in [5.74, 6) is -5.36. The van der Waals surface area contributed by atoms with Gasteiger partial charge in [-0.05, 0) is 67.4 Å². The Morgan fingerprint density at radius 1 is 1.00 bits per heavy atom. The molecule has 5 N–H and O–H groups in total. The molecule has 0 bridgehead atoms. The minimum Gasteiger partial charge on any atom is -0.466 e. The zero-order valence-corrected chi connectivity index (χ0v) is 33.1. The van der Waals surface area contributed by atoms with E-state index in [0.29, 0.717) is 50.8 Å². The summed E-state index contributed by atoms with van der Waals surface area (Å²) in [7, 11) is -8.80. The van der Waals surface area contributed by atoms with Crippen LogP contribution in [0.1, 0.15) is 99.0 Å². The minimum absolute atomic E-state index is 0.0123. The number of hydrogen-bond donors (Lipinski definition) is 5. The molecule has 14 nitrogen and oxygen atoms in total. The topological polar surface area (TPSA) is 217 Å². The Balaban J connectivity index is 1.56. The quantitative estimate of drug-likeness (QED) is 0.0365. The summed E-state index contributed by atoms with van der Waals surface area (Å²) in [5, 5.41) is 9.53. The lowest BCUT2D eigenvalue weighted by molar-refractivity contribution is -0.167. The van der Waals surface area contributed by atoms with Gasteiger partial charge < -0.3 is 34.6 Å². The molecule has 2 unspecified atom stereocenters. The van der Waals surface area contributed by atoms with E-state index in [0.717, 1.165) is 18.9 Å². The molecule has 0 radical (unpaired) electrons. The predicted octanol–water partition coefficient (Wildman–Crippen LogP) is 5.84. The Bertz CT molecular complexity index is 1710. The van der Waals surface area contributed by atoms with Crippen LogP contribution in [0, 0.1) is 0 Å². The Morgan fingerprint density at radius 3 is 2.30 bits per heavy atom. The van der Waals surface area contributed by atoms with Gasteiger partial charge in [0.2, 0.25) is 5.91 Å². The normalized spacial score (nSPS) is 16.7. The molecule has 18 heteroatoms. The Labute approximate surface area is 325 Å². The monoisotopic (exact) mass is 827 g/mol. The second-order valence-electron chi connectivity index (χ2n) is 13.5. The molecule has 2 aromatic carbocycles. The highest BCUT2D eigenvalue weighted by atomic mass is 31.2. The molecule has 0 spiro atoms. The molecule has 3 rings (SSSR count). The summed E-state index contributed by atoms with van der Waals surface area (Å²) in [6, 6.07) is 12.3. The summed E-state index contributed by atoms with van der Waals surface area (Å²) >= 11 is 0. The number of rotatable bonds is 24. The van der Waals surface area contributed by atoms with Crippen molar-refractivity contribution in [3.63, 3.8) is 0 Å². The van der Waals surface area contributed by atoms with Crippen LogP contribution in [0.25, 0.3) is 0 Å². The smallest absolute Gasteiger partial charge is 0.466 e. The average molecular weight is 828 g/mol. The van der Waals surface area contributed by atoms with E-state index >= 15 is 8.78 Å². The SMILES string of the molecule is CCOC(=O)CCCCCCN1C(=O)CC[C@@H]1/C=C/[C@@H](OC(=O)Cc1ccc(C(=O)NCCCCCC(O)([P+](=O)O)P(=O)(O)O)cc1)C(F)(F)c1ccccc1. The largest absolute Gasteiger partial charge is 0.554 e. The van der Waals surface area contributed by atoms with Crippen LogP contribution in [0.2, 0.25) is 0 Å². The predicted molar refractivity (Wildman–Crippen MR) is 202 cm³/mol. The maximum absolute atomic E-state index is 15.9. The van der Waals surface area contributed by atoms with Gasteiger partial charge in [0.05, 0.1) is 19.1 Å². The Hall–Kier alpha value is -3.91. The number of ether oxygens (including phenoxy) is 2. The van der Waals surface area contributed by atoms with Crippen LogP contribution in [0.3, 0.4) is 0 Å². The molecule has 0 aliphatic carbocycles. The number of alkyl halides is 2. The van der Waals surface area contributed by atoms with E-state index in [1.165, 1.54) is 54.6 Å². The van der Waals surface area contributed by atoms with Gasteiger partial charge in [-0.3, -0.25) is 23.7 Å². The molecule has 1 heterocycles. The van der Waals surface area contributed by atoms with Crippen molar-refractivity contribution in [2.75, 3.05) is 19.7 Å². The zero-order chi connectivity index (χ0) is 41.4. The summed E-state index contributed by atoms with van der Waals surface area (Å²) in [6.45, 7) is 2.65. The van der Waals surface area contributed by atoms with Crippen LogP contribution in [0.4, 0.5) is 8.78 Å². The molecule has 1 aliphatic rings. The van der Waals surface area contributed by atoms with E-state index < -0.39 is 57.1 Å². The molecule has 56 heavy (non-hydrogen) atoms. The summed E-state index contributed by atoms with van der Waals surface area (Å²) < 4.78 is 64.8. The number of esters is 2. The van der Waals surface area contributed by atoms with Gasteiger partial charge in [0.25, 0.3) is 5.91 Å². The van der Waals surface area contributed by atoms with Gasteiger partial charge in [-0.25, -0.2) is 0 Å². The van der Waals surface area contributed by atoms with Crippen molar-refractivity contribution < 1.29 is 66.3 Å². The molecule has 4 atom stereocenters. The fourth-order valence-electron chi connectivity index (χ4n) is 6.12. The van der Waals surface area contributed by atoms with Gasteiger partial charge >= 0.3 is 38.6 Å². The maximum atomic E-state index is 15.9. The number of amides is 2. The first-order valence-electron chi connectivity index (χ1n) is 18.6. The van der Waals surface area contributed by atoms with Crippen LogP contribution in [-0.4, -0.2) is 85.4 Å². The van der Waals surface area contributed by atoms with Gasteiger partial charge in [-0.1, -0.05) is 67.8 Å². The van der Waals surface area contributed by atoms with E-state index in [-0.39, 0.29) is 55.2 Å². The maximum Gasteiger partial charge on any atom is 0.554 e. The third-order valence-electron chi connectivity index (χ3n) is 9.30. The van der Waals surface area contributed by atoms with E-state index in [2.05, 4.69) is 5.32 Å². The fraction of sp³-hybridized carbons (Fsp3) is 0.526. The van der Waals surface area contributed by atoms with Crippen molar-refractivity contribution >= 4 is 39.4 Å². The van der Waals surface area contributed by atoms with E-state index in [1.807, 2.05) is 0 Å². The molecular formula is C38H51F2N2O12P2+. The lowest BCUT2D eigenvalue weighted by Crippen LogP contribution is -2.36. The van der Waals surface area contributed by atoms with E-state index in [1.54, 1.807) is 17.9 Å². The first-order chi connectivity index (χ1) is 26.5. The van der Waals surface area contributed by atoms with Crippen molar-refractivity contribution in [2.45, 2.75) is 107 Å². The molecule has 2 aromatic rings. The van der Waals surface area contributed by atoms with Gasteiger partial charge in [-0.15, -0.1) is 0 Å². The van der Waals surface area contributed by atoms with Gasteiger partial charge in [-0.2, -0.15) is 13.7 Å². The number of halogens is 2. The molecule has 308 valence electrons. The standard InChI is InChI=1S/C38H50F2N2O12P2/c1-2-53-34(44)15-9-3-4-12-26-42-31(21-23-33(42)43)20-22-32(38(39,40)30-13-7-5-8-14-30)54-35(45)27-28-16-18-29(19-17-28)36(46)41-25-11-6-10-24-37(47,55(48)49)56(50,51)52/h5,7-8,13-14,16-20,22,31-32,47H,2-4,6,9-12,15,21,23-27H2,1H3,(H3-,41,46,48,49,50,51,52)/p+1/b22-20+/t31-,32+,37?/m0/s1. The first kappa shape index (κ1) is 46.5. The number of aliphatic hydroxyl groups is 1. The number of likely N-dealkylation sites (tertiary alicyclic amines) is 1. The third kappa shape index (κ3) is 13.9. The summed E-state index contributed by atoms with van der Waals surface area (Å²) in [4.78, 5) is 79.1. The molecule has 0 aromatic heterocycles. The number of unbranched alkanes of at least 4 members (excludes halogenated alkanes) is 5. The molecule has 1 fully saturated rings. The number of carbonyl (C=O) groups excluding carboxylic acids is 4. The number of benzene rings is 2. The lowest BCUT2D eigenvalue weighted by Gasteiger charge is -2.27. The van der Waals surface area contributed by atoms with Crippen molar-refractivity contribution in [1.82, 2.24) is 10.2 Å². The van der Waals surface area contributed by atoms with Crippen LogP contribution in [0.15, 0.2) is 66.7 Å². The lowest BCUT2D eigenvalue weighted by atomic mass is 10.0. The second kappa shape index (κ2) is 22.1. The molecular weight excluding hydrogens is 776 g/mol. The van der Waals surface area contributed by atoms with Crippen LogP contribution < -0.4 is 5.32 Å². The van der Waals surface area contributed by atoms with Crippen molar-refractivity contribution in [3.05, 3.63) is 83.4 Å². The molecule has 2 amide bonds. The third-order valence-corrected chi connectivity index (χ3v) is 12.6. The highest BCUT2D eigenvalue weighted by molar-refractivity contribution is 7.66. The fourth-order valence-corrected chi connectivity index (χ4v) is 7.81. The van der Waals surface area contributed by atoms with Crippen LogP contribution >= 0.6 is 15.6 Å². The van der Waals surface area contributed by atoms with E-state index in [9.17, 15) is 43.2 Å². The second-order valence-corrected chi connectivity index (χ2v) is 16.9. The number of nitrogens with one attached hydrogen (secondary N) is 1. The van der Waals surface area contributed by atoms with Crippen molar-refractivity contribution in [3.8, 4) is 0 Å². The van der Waals surface area contributed by atoms with Crippen molar-refractivity contribution in [1.29, 1.82) is 0 Å². The molecule has 1 saturated heterocycles. The summed E-state index contributed by atoms with van der Waals surface area (Å²) in [5.41, 5.74) is 0.274. The Morgan fingerprint density at radius 2 is 1.66 bits per heavy atom. The zero-order valence-electron chi connectivity index (χ0n) is 31.3. The van der Waals surface area contributed by atoms with E-state index in [4.69, 9.17) is 14.4 Å². The average Bonchev–Trinajstić information content (AvgIpc) is 3.50. The number of hydrogen-bond acceptors (Lipinski definition) is 9. The number of carbonyl (C=O) groups is 4. The highest BCUT2D eigenvalue weighted by Gasteiger charge is 2.62. The van der Waals surface area contributed by atoms with Gasteiger partial charge in [0.1, 0.15) is 0 Å². The van der Waals surface area contributed by atoms with Gasteiger partial charge in [0.15, 0.2) is 6.10 Å².